The number of carbonyl (C=O) groups is 2. The minimum Gasteiger partial charge on any atom is -0.497 e. The SMILES string of the molecule is CCOC(=O)C1(Cc2ccc(F)cc2)CCCN(C(=O)c2ccc(OC)cc2OC)C1. The minimum atomic E-state index is -0.887. The smallest absolute Gasteiger partial charge is 0.314 e. The van der Waals surface area contributed by atoms with E-state index >= 15 is 0 Å². The van der Waals surface area contributed by atoms with Crippen LogP contribution in [0.1, 0.15) is 35.7 Å². The van der Waals surface area contributed by atoms with Gasteiger partial charge in [0.05, 0.1) is 31.8 Å². The zero-order chi connectivity index (χ0) is 22.4. The number of carbonyl (C=O) groups excluding carboxylic acids is 2. The number of piperidine rings is 1. The molecule has 6 nitrogen and oxygen atoms in total. The van der Waals surface area contributed by atoms with Gasteiger partial charge in [-0.1, -0.05) is 12.1 Å². The van der Waals surface area contributed by atoms with Crippen molar-refractivity contribution in [2.45, 2.75) is 26.2 Å². The van der Waals surface area contributed by atoms with Gasteiger partial charge >= 0.3 is 5.97 Å². The van der Waals surface area contributed by atoms with E-state index in [1.807, 2.05) is 0 Å². The van der Waals surface area contributed by atoms with E-state index < -0.39 is 5.41 Å². The largest absolute Gasteiger partial charge is 0.497 e. The van der Waals surface area contributed by atoms with Crippen molar-refractivity contribution in [1.82, 2.24) is 4.90 Å². The average Bonchev–Trinajstić information content (AvgIpc) is 2.80. The number of likely N-dealkylation sites (tertiary alicyclic amines) is 1. The quantitative estimate of drug-likeness (QED) is 0.625. The second-order valence-electron chi connectivity index (χ2n) is 7.70. The van der Waals surface area contributed by atoms with Crippen LogP contribution in [0.2, 0.25) is 0 Å². The van der Waals surface area contributed by atoms with Crippen LogP contribution in [0.4, 0.5) is 4.39 Å². The van der Waals surface area contributed by atoms with E-state index in [1.54, 1.807) is 49.3 Å². The first-order valence-electron chi connectivity index (χ1n) is 10.4. The molecule has 0 saturated carbocycles. The van der Waals surface area contributed by atoms with Gasteiger partial charge in [-0.15, -0.1) is 0 Å². The van der Waals surface area contributed by atoms with Crippen LogP contribution < -0.4 is 9.47 Å². The Morgan fingerprint density at radius 2 is 1.84 bits per heavy atom. The molecule has 31 heavy (non-hydrogen) atoms. The van der Waals surface area contributed by atoms with Crippen LogP contribution in [-0.2, 0) is 16.0 Å². The molecule has 1 aliphatic rings. The Labute approximate surface area is 181 Å². The zero-order valence-electron chi connectivity index (χ0n) is 18.2. The lowest BCUT2D eigenvalue weighted by atomic mass is 9.75. The van der Waals surface area contributed by atoms with Gasteiger partial charge in [0.1, 0.15) is 17.3 Å². The summed E-state index contributed by atoms with van der Waals surface area (Å²) in [7, 11) is 3.04. The summed E-state index contributed by atoms with van der Waals surface area (Å²) in [4.78, 5) is 28.0. The van der Waals surface area contributed by atoms with Gasteiger partial charge in [0, 0.05) is 19.2 Å². The second kappa shape index (κ2) is 9.81. The zero-order valence-corrected chi connectivity index (χ0v) is 18.2. The van der Waals surface area contributed by atoms with Crippen LogP contribution in [0.3, 0.4) is 0 Å². The minimum absolute atomic E-state index is 0.216. The lowest BCUT2D eigenvalue weighted by Gasteiger charge is -2.41. The Kier molecular flexibility index (Phi) is 7.15. The van der Waals surface area contributed by atoms with Gasteiger partial charge in [-0.3, -0.25) is 9.59 Å². The number of nitrogens with zero attached hydrogens (tertiary/aromatic N) is 1. The van der Waals surface area contributed by atoms with Gasteiger partial charge in [-0.05, 0) is 56.0 Å². The van der Waals surface area contributed by atoms with Crippen molar-refractivity contribution in [2.75, 3.05) is 33.9 Å². The number of hydrogen-bond acceptors (Lipinski definition) is 5. The third-order valence-electron chi connectivity index (χ3n) is 5.67. The van der Waals surface area contributed by atoms with Crippen molar-refractivity contribution >= 4 is 11.9 Å². The number of esters is 1. The molecule has 1 atom stereocenters. The first-order valence-corrected chi connectivity index (χ1v) is 10.4. The molecule has 1 unspecified atom stereocenters. The first kappa shape index (κ1) is 22.6. The standard InChI is InChI=1S/C24H28FNO5/c1-4-31-23(28)24(15-17-6-8-18(25)9-7-17)12-5-13-26(16-24)22(27)20-11-10-19(29-2)14-21(20)30-3/h6-11,14H,4-5,12-13,15-16H2,1-3H3. The number of benzene rings is 2. The second-order valence-corrected chi connectivity index (χ2v) is 7.70. The fraction of sp³-hybridized carbons (Fsp3) is 0.417. The van der Waals surface area contributed by atoms with Crippen molar-refractivity contribution in [1.29, 1.82) is 0 Å². The fourth-order valence-corrected chi connectivity index (χ4v) is 4.11. The molecule has 0 aromatic heterocycles. The average molecular weight is 429 g/mol. The molecule has 7 heteroatoms. The van der Waals surface area contributed by atoms with Crippen molar-refractivity contribution in [2.24, 2.45) is 5.41 Å². The molecular formula is C24H28FNO5. The van der Waals surface area contributed by atoms with Gasteiger partial charge in [0.2, 0.25) is 0 Å². The predicted molar refractivity (Wildman–Crippen MR) is 114 cm³/mol. The number of amides is 1. The van der Waals surface area contributed by atoms with Crippen LogP contribution in [0, 0.1) is 11.2 Å². The summed E-state index contributed by atoms with van der Waals surface area (Å²) in [5.41, 5.74) is 0.345. The fourth-order valence-electron chi connectivity index (χ4n) is 4.11. The van der Waals surface area contributed by atoms with Crippen molar-refractivity contribution in [3.8, 4) is 11.5 Å². The van der Waals surface area contributed by atoms with E-state index in [-0.39, 0.29) is 30.8 Å². The third-order valence-corrected chi connectivity index (χ3v) is 5.67. The Morgan fingerprint density at radius 1 is 1.10 bits per heavy atom. The number of ether oxygens (including phenoxy) is 3. The molecular weight excluding hydrogens is 401 g/mol. The highest BCUT2D eigenvalue weighted by Crippen LogP contribution is 2.37. The summed E-state index contributed by atoms with van der Waals surface area (Å²) in [5, 5.41) is 0. The molecule has 1 saturated heterocycles. The van der Waals surface area contributed by atoms with Gasteiger partial charge in [0.15, 0.2) is 0 Å². The van der Waals surface area contributed by atoms with Crippen LogP contribution in [0.5, 0.6) is 11.5 Å². The van der Waals surface area contributed by atoms with E-state index in [2.05, 4.69) is 0 Å². The molecule has 0 spiro atoms. The van der Waals surface area contributed by atoms with Gasteiger partial charge < -0.3 is 19.1 Å². The highest BCUT2D eigenvalue weighted by atomic mass is 19.1. The first-order chi connectivity index (χ1) is 14.9. The maximum atomic E-state index is 13.4. The van der Waals surface area contributed by atoms with Crippen LogP contribution in [0.25, 0.3) is 0 Å². The van der Waals surface area contributed by atoms with Crippen molar-refractivity contribution in [3.05, 3.63) is 59.4 Å². The summed E-state index contributed by atoms with van der Waals surface area (Å²) in [6, 6.07) is 11.1. The molecule has 0 N–H and O–H groups in total. The third kappa shape index (κ3) is 4.98. The maximum Gasteiger partial charge on any atom is 0.314 e. The number of halogens is 1. The molecule has 1 aliphatic heterocycles. The molecule has 166 valence electrons. The molecule has 1 amide bonds. The molecule has 2 aromatic rings. The molecule has 1 heterocycles. The molecule has 2 aromatic carbocycles. The van der Waals surface area contributed by atoms with E-state index in [1.165, 1.54) is 19.2 Å². The topological polar surface area (TPSA) is 65.1 Å². The molecule has 3 rings (SSSR count). The number of methoxy groups -OCH3 is 2. The highest BCUT2D eigenvalue weighted by Gasteiger charge is 2.45. The molecule has 0 aliphatic carbocycles. The summed E-state index contributed by atoms with van der Waals surface area (Å²) in [6.45, 7) is 2.76. The summed E-state index contributed by atoms with van der Waals surface area (Å²) in [6.07, 6.45) is 1.62. The van der Waals surface area contributed by atoms with Crippen LogP contribution in [0.15, 0.2) is 42.5 Å². The van der Waals surface area contributed by atoms with E-state index in [9.17, 15) is 14.0 Å². The summed E-state index contributed by atoms with van der Waals surface area (Å²) < 4.78 is 29.4. The lowest BCUT2D eigenvalue weighted by Crippen LogP contribution is -2.51. The summed E-state index contributed by atoms with van der Waals surface area (Å²) in [5.74, 6) is 0.117. The van der Waals surface area contributed by atoms with E-state index in [0.29, 0.717) is 42.9 Å². The van der Waals surface area contributed by atoms with E-state index in [4.69, 9.17) is 14.2 Å². The van der Waals surface area contributed by atoms with Crippen molar-refractivity contribution < 1.29 is 28.2 Å². The Morgan fingerprint density at radius 3 is 2.48 bits per heavy atom. The Bertz CT molecular complexity index is 930. The normalized spacial score (nSPS) is 18.4. The molecule has 0 radical (unpaired) electrons. The van der Waals surface area contributed by atoms with Crippen LogP contribution >= 0.6 is 0 Å². The molecule has 0 bridgehead atoms. The van der Waals surface area contributed by atoms with Gasteiger partial charge in [-0.25, -0.2) is 4.39 Å². The van der Waals surface area contributed by atoms with Crippen LogP contribution in [-0.4, -0.2) is 50.7 Å². The van der Waals surface area contributed by atoms with Crippen molar-refractivity contribution in [3.63, 3.8) is 0 Å². The van der Waals surface area contributed by atoms with Gasteiger partial charge in [0.25, 0.3) is 5.91 Å². The molecule has 1 fully saturated rings. The lowest BCUT2D eigenvalue weighted by molar-refractivity contribution is -0.158. The number of rotatable bonds is 7. The summed E-state index contributed by atoms with van der Waals surface area (Å²) >= 11 is 0. The predicted octanol–water partition coefficient (Wildman–Crippen LogP) is 3.87. The Balaban J connectivity index is 1.90. The maximum absolute atomic E-state index is 13.4. The number of hydrogen-bond donors (Lipinski definition) is 0. The monoisotopic (exact) mass is 429 g/mol. The van der Waals surface area contributed by atoms with E-state index in [0.717, 1.165) is 5.56 Å². The highest BCUT2D eigenvalue weighted by molar-refractivity contribution is 5.97. The Hall–Kier alpha value is -3.09. The van der Waals surface area contributed by atoms with Gasteiger partial charge in [-0.2, -0.15) is 0 Å².